The van der Waals surface area contributed by atoms with E-state index in [0.717, 1.165) is 35.4 Å². The second-order valence-corrected chi connectivity index (χ2v) is 10.1. The van der Waals surface area contributed by atoms with E-state index in [2.05, 4.69) is 16.8 Å². The fourth-order valence-corrected chi connectivity index (χ4v) is 5.38. The van der Waals surface area contributed by atoms with Gasteiger partial charge in [0.1, 0.15) is 0 Å². The number of benzene rings is 1. The molecule has 0 unspecified atom stereocenters. The third-order valence-electron chi connectivity index (χ3n) is 7.28. The molecule has 2 N–H and O–H groups in total. The molecule has 0 aliphatic heterocycles. The second-order valence-electron chi connectivity index (χ2n) is 10.1. The van der Waals surface area contributed by atoms with Crippen LogP contribution in [0.15, 0.2) is 18.2 Å². The molecule has 5 nitrogen and oxygen atoms in total. The largest absolute Gasteiger partial charge is 0.386 e. The average molecular weight is 367 g/mol. The SMILES string of the molecule is CC(C)(O)c1ccc2nc(NC(=O)CC34CC(C3)C4)n(C3(C)CCC3)c2c1. The summed E-state index contributed by atoms with van der Waals surface area (Å²) in [6.45, 7) is 5.84. The molecule has 1 amide bonds. The lowest BCUT2D eigenvalue weighted by Crippen LogP contribution is -2.53. The summed E-state index contributed by atoms with van der Waals surface area (Å²) in [6.07, 6.45) is 7.66. The van der Waals surface area contributed by atoms with Crippen molar-refractivity contribution in [3.8, 4) is 0 Å². The van der Waals surface area contributed by atoms with Crippen molar-refractivity contribution in [2.45, 2.75) is 76.9 Å². The van der Waals surface area contributed by atoms with Crippen LogP contribution < -0.4 is 5.32 Å². The lowest BCUT2D eigenvalue weighted by molar-refractivity contribution is -0.140. The number of hydrogen-bond donors (Lipinski definition) is 2. The molecule has 2 bridgehead atoms. The van der Waals surface area contributed by atoms with Crippen LogP contribution in [0.4, 0.5) is 5.95 Å². The molecular formula is C22H29N3O2. The maximum atomic E-state index is 12.7. The maximum absolute atomic E-state index is 12.7. The highest BCUT2D eigenvalue weighted by atomic mass is 16.3. The first-order chi connectivity index (χ1) is 12.7. The van der Waals surface area contributed by atoms with Crippen molar-refractivity contribution in [1.82, 2.24) is 9.55 Å². The number of carbonyl (C=O) groups excluding carboxylic acids is 1. The Bertz CT molecular complexity index is 916. The molecule has 2 aromatic rings. The highest BCUT2D eigenvalue weighted by Gasteiger charge is 2.57. The van der Waals surface area contributed by atoms with Gasteiger partial charge < -0.3 is 9.67 Å². The van der Waals surface area contributed by atoms with E-state index >= 15 is 0 Å². The first-order valence-electron chi connectivity index (χ1n) is 10.2. The number of nitrogens with one attached hydrogen (secondary N) is 1. The number of aliphatic hydroxyl groups is 1. The molecule has 6 rings (SSSR count). The molecule has 144 valence electrons. The molecule has 0 saturated heterocycles. The van der Waals surface area contributed by atoms with Crippen LogP contribution >= 0.6 is 0 Å². The standard InChI is InChI=1S/C22H29N3O2/c1-20(2,27)15-5-6-16-17(9-15)25(21(3)7-4-8-21)19(23-16)24-18(26)13-22-10-14(11-22)12-22/h5-6,9,14,27H,4,7-8,10-13H2,1-3H3,(H,23,24,26). The van der Waals surface area contributed by atoms with Crippen molar-refractivity contribution >= 4 is 22.9 Å². The van der Waals surface area contributed by atoms with Gasteiger partial charge in [-0.3, -0.25) is 10.1 Å². The zero-order valence-electron chi connectivity index (χ0n) is 16.5. The zero-order valence-corrected chi connectivity index (χ0v) is 16.5. The van der Waals surface area contributed by atoms with E-state index in [1.807, 2.05) is 18.2 Å². The summed E-state index contributed by atoms with van der Waals surface area (Å²) < 4.78 is 2.21. The van der Waals surface area contributed by atoms with Gasteiger partial charge in [0.2, 0.25) is 11.9 Å². The number of rotatable bonds is 5. The summed E-state index contributed by atoms with van der Waals surface area (Å²) >= 11 is 0. The molecule has 27 heavy (non-hydrogen) atoms. The minimum Gasteiger partial charge on any atom is -0.386 e. The van der Waals surface area contributed by atoms with Crippen LogP contribution in [-0.2, 0) is 15.9 Å². The molecule has 0 atom stereocenters. The number of hydrogen-bond acceptors (Lipinski definition) is 3. The van der Waals surface area contributed by atoms with Crippen LogP contribution in [0.2, 0.25) is 0 Å². The Balaban J connectivity index is 1.52. The minimum atomic E-state index is -0.905. The van der Waals surface area contributed by atoms with Gasteiger partial charge in [-0.25, -0.2) is 4.98 Å². The summed E-state index contributed by atoms with van der Waals surface area (Å²) in [5, 5.41) is 13.6. The van der Waals surface area contributed by atoms with Crippen LogP contribution in [-0.4, -0.2) is 20.6 Å². The summed E-state index contributed by atoms with van der Waals surface area (Å²) in [5.74, 6) is 1.64. The van der Waals surface area contributed by atoms with Gasteiger partial charge in [-0.05, 0) is 88.3 Å². The number of carbonyl (C=O) groups is 1. The van der Waals surface area contributed by atoms with Gasteiger partial charge in [0.25, 0.3) is 0 Å². The van der Waals surface area contributed by atoms with Crippen LogP contribution in [0.3, 0.4) is 0 Å². The monoisotopic (exact) mass is 367 g/mol. The molecule has 0 radical (unpaired) electrons. The van der Waals surface area contributed by atoms with Crippen LogP contribution in [0, 0.1) is 11.3 Å². The molecule has 4 fully saturated rings. The first kappa shape index (κ1) is 17.2. The van der Waals surface area contributed by atoms with Crippen molar-refractivity contribution in [1.29, 1.82) is 0 Å². The predicted molar refractivity (Wildman–Crippen MR) is 105 cm³/mol. The summed E-state index contributed by atoms with van der Waals surface area (Å²) in [7, 11) is 0. The van der Waals surface area contributed by atoms with E-state index in [1.165, 1.54) is 25.7 Å². The number of aromatic nitrogens is 2. The predicted octanol–water partition coefficient (Wildman–Crippen LogP) is 4.29. The Kier molecular flexibility index (Phi) is 3.41. The van der Waals surface area contributed by atoms with E-state index < -0.39 is 5.60 Å². The molecule has 1 aromatic heterocycles. The summed E-state index contributed by atoms with van der Waals surface area (Å²) in [6, 6.07) is 5.91. The van der Waals surface area contributed by atoms with Gasteiger partial charge >= 0.3 is 0 Å². The average Bonchev–Trinajstić information content (AvgIpc) is 2.83. The number of fused-ring (bicyclic) bond motifs is 1. The normalized spacial score (nSPS) is 28.2. The van der Waals surface area contributed by atoms with Gasteiger partial charge in [0.15, 0.2) is 0 Å². The molecule has 5 heteroatoms. The topological polar surface area (TPSA) is 67.2 Å². The smallest absolute Gasteiger partial charge is 0.227 e. The van der Waals surface area contributed by atoms with Crippen LogP contribution in [0.1, 0.15) is 71.3 Å². The molecule has 4 saturated carbocycles. The van der Waals surface area contributed by atoms with Gasteiger partial charge in [-0.15, -0.1) is 0 Å². The van der Waals surface area contributed by atoms with Gasteiger partial charge in [0, 0.05) is 12.0 Å². The quantitative estimate of drug-likeness (QED) is 0.828. The Morgan fingerprint density at radius 3 is 2.56 bits per heavy atom. The van der Waals surface area contributed by atoms with E-state index in [0.29, 0.717) is 17.8 Å². The molecular weight excluding hydrogens is 338 g/mol. The molecule has 1 aromatic carbocycles. The van der Waals surface area contributed by atoms with Gasteiger partial charge in [0.05, 0.1) is 16.6 Å². The maximum Gasteiger partial charge on any atom is 0.227 e. The summed E-state index contributed by atoms with van der Waals surface area (Å²) in [5.41, 5.74) is 2.10. The lowest BCUT2D eigenvalue weighted by Gasteiger charge is -2.61. The molecule has 4 aliphatic carbocycles. The van der Waals surface area contributed by atoms with Crippen LogP contribution in [0.25, 0.3) is 11.0 Å². The number of nitrogens with zero attached hydrogens (tertiary/aromatic N) is 2. The Morgan fingerprint density at radius 2 is 2.04 bits per heavy atom. The highest BCUT2D eigenvalue weighted by Crippen LogP contribution is 2.66. The van der Waals surface area contributed by atoms with E-state index in [-0.39, 0.29) is 11.4 Å². The lowest BCUT2D eigenvalue weighted by atomic mass is 9.43. The number of anilines is 1. The second kappa shape index (κ2) is 5.34. The summed E-state index contributed by atoms with van der Waals surface area (Å²) in [4.78, 5) is 17.5. The Hall–Kier alpha value is -1.88. The number of imidazole rings is 1. The fourth-order valence-electron chi connectivity index (χ4n) is 5.38. The third kappa shape index (κ3) is 2.62. The van der Waals surface area contributed by atoms with Gasteiger partial charge in [-0.2, -0.15) is 0 Å². The van der Waals surface area contributed by atoms with E-state index in [9.17, 15) is 9.90 Å². The van der Waals surface area contributed by atoms with E-state index in [4.69, 9.17) is 4.98 Å². The third-order valence-corrected chi connectivity index (χ3v) is 7.28. The molecule has 0 spiro atoms. The molecule has 4 aliphatic rings. The fraction of sp³-hybridized carbons (Fsp3) is 0.636. The van der Waals surface area contributed by atoms with Gasteiger partial charge in [-0.1, -0.05) is 6.07 Å². The minimum absolute atomic E-state index is 0.0219. The Labute approximate surface area is 160 Å². The van der Waals surface area contributed by atoms with E-state index in [1.54, 1.807) is 13.8 Å². The first-order valence-corrected chi connectivity index (χ1v) is 10.2. The number of amides is 1. The van der Waals surface area contributed by atoms with Crippen molar-refractivity contribution in [3.63, 3.8) is 0 Å². The van der Waals surface area contributed by atoms with Crippen molar-refractivity contribution in [2.75, 3.05) is 5.32 Å². The zero-order chi connectivity index (χ0) is 19.0. The van der Waals surface area contributed by atoms with Crippen LogP contribution in [0.5, 0.6) is 0 Å². The highest BCUT2D eigenvalue weighted by molar-refractivity contribution is 5.92. The van der Waals surface area contributed by atoms with Crippen molar-refractivity contribution < 1.29 is 9.90 Å². The van der Waals surface area contributed by atoms with Crippen molar-refractivity contribution in [2.24, 2.45) is 11.3 Å². The Morgan fingerprint density at radius 1 is 1.33 bits per heavy atom. The van der Waals surface area contributed by atoms with Crippen molar-refractivity contribution in [3.05, 3.63) is 23.8 Å². The molecule has 1 heterocycles.